The van der Waals surface area contributed by atoms with Crippen molar-refractivity contribution in [2.45, 2.75) is 55.1 Å². The highest BCUT2D eigenvalue weighted by atomic mass is 32.2. The smallest absolute Gasteiger partial charge is 0.378 e. The van der Waals surface area contributed by atoms with E-state index in [4.69, 9.17) is 4.55 Å². The Morgan fingerprint density at radius 3 is 1.77 bits per heavy atom. The summed E-state index contributed by atoms with van der Waals surface area (Å²) >= 11 is 0. The molecule has 4 bridgehead atoms. The second-order valence-corrected chi connectivity index (χ2v) is 12.2. The van der Waals surface area contributed by atoms with Crippen LogP contribution in [0.1, 0.15) is 44.1 Å². The third-order valence-corrected chi connectivity index (χ3v) is 8.88. The van der Waals surface area contributed by atoms with E-state index in [-0.39, 0.29) is 5.41 Å². The monoisotopic (exact) mass is 486 g/mol. The van der Waals surface area contributed by atoms with E-state index in [2.05, 4.69) is 4.18 Å². The molecular weight excluding hydrogens is 464 g/mol. The molecule has 0 atom stereocenters. The second-order valence-electron chi connectivity index (χ2n) is 9.21. The van der Waals surface area contributed by atoms with Gasteiger partial charge in [-0.15, -0.1) is 0 Å². The fraction of sp³-hybridized carbons (Fsp3) is 0.684. The number of rotatable bonds is 7. The molecule has 4 aliphatic rings. The molecule has 0 unspecified atom stereocenters. The van der Waals surface area contributed by atoms with E-state index in [1.807, 2.05) is 0 Å². The van der Waals surface area contributed by atoms with Crippen molar-refractivity contribution in [2.75, 3.05) is 5.75 Å². The van der Waals surface area contributed by atoms with Crippen LogP contribution in [0.3, 0.4) is 0 Å². The Balaban J connectivity index is 1.54. The molecule has 4 saturated carbocycles. The minimum Gasteiger partial charge on any atom is -0.378 e. The summed E-state index contributed by atoms with van der Waals surface area (Å²) in [6, 6.07) is 5.43. The number of hydrogen-bond donors (Lipinski definition) is 1. The summed E-state index contributed by atoms with van der Waals surface area (Å²) in [4.78, 5) is 0. The van der Waals surface area contributed by atoms with Crippen molar-refractivity contribution in [3.05, 3.63) is 29.8 Å². The minimum absolute atomic E-state index is 0.0430. The maximum atomic E-state index is 13.9. The lowest BCUT2D eigenvalue weighted by Crippen LogP contribution is -2.52. The van der Waals surface area contributed by atoms with Crippen molar-refractivity contribution in [2.24, 2.45) is 17.8 Å². The molecule has 0 aromatic heterocycles. The summed E-state index contributed by atoms with van der Waals surface area (Å²) in [6.07, 6.45) is 6.68. The average molecular weight is 487 g/mol. The minimum atomic E-state index is -6.26. The summed E-state index contributed by atoms with van der Waals surface area (Å²) in [5.74, 6) is -7.02. The summed E-state index contributed by atoms with van der Waals surface area (Å²) in [5.41, 5.74) is 0.901. The Labute approximate surface area is 177 Å². The fourth-order valence-electron chi connectivity index (χ4n) is 6.00. The Hall–Kier alpha value is -1.40. The Kier molecular flexibility index (Phi) is 5.18. The summed E-state index contributed by atoms with van der Waals surface area (Å²) in [5, 5.41) is -5.88. The van der Waals surface area contributed by atoms with Crippen LogP contribution in [-0.2, 0) is 25.7 Å². The largest absolute Gasteiger partial charge is 0.443 e. The zero-order valence-electron chi connectivity index (χ0n) is 16.3. The third-order valence-electron chi connectivity index (χ3n) is 6.81. The molecule has 0 saturated heterocycles. The number of benzene rings is 1. The van der Waals surface area contributed by atoms with Gasteiger partial charge in [-0.2, -0.15) is 34.4 Å². The molecule has 1 aromatic rings. The van der Waals surface area contributed by atoms with E-state index in [9.17, 15) is 34.4 Å². The molecule has 1 N–H and O–H groups in total. The molecule has 12 heteroatoms. The molecule has 0 heterocycles. The van der Waals surface area contributed by atoms with E-state index in [1.165, 1.54) is 19.3 Å². The normalized spacial score (nSPS) is 31.1. The molecule has 6 nitrogen and oxygen atoms in total. The molecule has 31 heavy (non-hydrogen) atoms. The zero-order valence-corrected chi connectivity index (χ0v) is 17.9. The first-order valence-corrected chi connectivity index (χ1v) is 12.9. The zero-order chi connectivity index (χ0) is 22.9. The molecule has 0 amide bonds. The standard InChI is InChI=1S/C19H22F4O6S2/c20-18(21,11-30(24,25)26)19(22,23)31(27,28)29-16-3-1-15(2-4-16)17-8-12-5-13(9-17)7-14(6-12)10-17/h1-4,12-14H,5-11H2,(H,24,25,26). The number of hydrogen-bond acceptors (Lipinski definition) is 5. The first-order chi connectivity index (χ1) is 14.1. The first-order valence-electron chi connectivity index (χ1n) is 9.88. The van der Waals surface area contributed by atoms with Crippen LogP contribution in [0.2, 0.25) is 0 Å². The summed E-state index contributed by atoms with van der Waals surface area (Å²) < 4.78 is 113. The topological polar surface area (TPSA) is 97.7 Å². The van der Waals surface area contributed by atoms with Gasteiger partial charge < -0.3 is 4.18 Å². The molecule has 4 fully saturated rings. The first kappa shape index (κ1) is 22.8. The van der Waals surface area contributed by atoms with Crippen LogP contribution in [0.15, 0.2) is 24.3 Å². The molecule has 0 radical (unpaired) electrons. The van der Waals surface area contributed by atoms with Crippen LogP contribution < -0.4 is 4.18 Å². The highest BCUT2D eigenvalue weighted by Crippen LogP contribution is 2.60. The SMILES string of the molecule is O=S(=O)(O)CC(F)(F)C(F)(F)S(=O)(=O)Oc1ccc(C23CC4CC(CC(C4)C2)C3)cc1. The van der Waals surface area contributed by atoms with Gasteiger partial charge in [0.05, 0.1) is 0 Å². The highest BCUT2D eigenvalue weighted by Gasteiger charge is 2.69. The third kappa shape index (κ3) is 4.06. The molecule has 5 rings (SSSR count). The van der Waals surface area contributed by atoms with Crippen molar-refractivity contribution in [3.8, 4) is 5.75 Å². The van der Waals surface area contributed by atoms with Crippen LogP contribution in [-0.4, -0.2) is 38.3 Å². The van der Waals surface area contributed by atoms with Crippen molar-refractivity contribution < 1.29 is 43.1 Å². The van der Waals surface area contributed by atoms with Gasteiger partial charge in [0.1, 0.15) is 11.5 Å². The number of alkyl halides is 4. The van der Waals surface area contributed by atoms with Gasteiger partial charge in [-0.1, -0.05) is 12.1 Å². The second kappa shape index (κ2) is 7.05. The van der Waals surface area contributed by atoms with Crippen molar-refractivity contribution in [3.63, 3.8) is 0 Å². The Bertz CT molecular complexity index is 1030. The van der Waals surface area contributed by atoms with Gasteiger partial charge in [0.2, 0.25) is 0 Å². The van der Waals surface area contributed by atoms with Gasteiger partial charge in [-0.3, -0.25) is 4.55 Å². The molecule has 4 aliphatic carbocycles. The predicted molar refractivity (Wildman–Crippen MR) is 102 cm³/mol. The average Bonchev–Trinajstić information content (AvgIpc) is 2.58. The van der Waals surface area contributed by atoms with Gasteiger partial charge in [0.25, 0.3) is 10.1 Å². The van der Waals surface area contributed by atoms with Crippen LogP contribution >= 0.6 is 0 Å². The van der Waals surface area contributed by atoms with Gasteiger partial charge >= 0.3 is 21.3 Å². The van der Waals surface area contributed by atoms with E-state index >= 15 is 0 Å². The maximum Gasteiger partial charge on any atom is 0.443 e. The van der Waals surface area contributed by atoms with E-state index in [0.717, 1.165) is 37.0 Å². The number of halogens is 4. The van der Waals surface area contributed by atoms with Crippen LogP contribution in [0.4, 0.5) is 17.6 Å². The lowest BCUT2D eigenvalue weighted by molar-refractivity contribution is -0.144. The molecular formula is C19H22F4O6S2. The van der Waals surface area contributed by atoms with E-state index < -0.39 is 42.9 Å². The molecule has 0 aliphatic heterocycles. The molecule has 174 valence electrons. The lowest BCUT2D eigenvalue weighted by Gasteiger charge is -2.57. The van der Waals surface area contributed by atoms with Crippen LogP contribution in [0.5, 0.6) is 5.75 Å². The van der Waals surface area contributed by atoms with E-state index in [1.54, 1.807) is 12.1 Å². The molecule has 1 aromatic carbocycles. The van der Waals surface area contributed by atoms with E-state index in [0.29, 0.717) is 17.8 Å². The summed E-state index contributed by atoms with van der Waals surface area (Å²) in [7, 11) is -11.8. The van der Waals surface area contributed by atoms with Gasteiger partial charge in [0, 0.05) is 0 Å². The van der Waals surface area contributed by atoms with Crippen LogP contribution in [0, 0.1) is 17.8 Å². The highest BCUT2D eigenvalue weighted by molar-refractivity contribution is 7.88. The fourth-order valence-corrected chi connectivity index (χ4v) is 7.64. The lowest BCUT2D eigenvalue weighted by atomic mass is 9.48. The van der Waals surface area contributed by atoms with Gasteiger partial charge in [-0.25, -0.2) is 0 Å². The maximum absolute atomic E-state index is 13.9. The Morgan fingerprint density at radius 2 is 1.35 bits per heavy atom. The van der Waals surface area contributed by atoms with Crippen LogP contribution in [0.25, 0.3) is 0 Å². The van der Waals surface area contributed by atoms with Crippen molar-refractivity contribution in [1.82, 2.24) is 0 Å². The van der Waals surface area contributed by atoms with Crippen molar-refractivity contribution in [1.29, 1.82) is 0 Å². The summed E-state index contributed by atoms with van der Waals surface area (Å²) in [6.45, 7) is 0. The van der Waals surface area contributed by atoms with Crippen molar-refractivity contribution >= 4 is 20.2 Å². The Morgan fingerprint density at radius 1 is 0.903 bits per heavy atom. The molecule has 0 spiro atoms. The van der Waals surface area contributed by atoms with Gasteiger partial charge in [-0.05, 0) is 79.4 Å². The predicted octanol–water partition coefficient (Wildman–Crippen LogP) is 3.98. The van der Waals surface area contributed by atoms with Gasteiger partial charge in [0.15, 0.2) is 0 Å². The quantitative estimate of drug-likeness (QED) is 0.356.